The number of hydrogen-bond acceptors (Lipinski definition) is 6. The van der Waals surface area contributed by atoms with Crippen LogP contribution in [0.4, 0.5) is 5.82 Å². The highest BCUT2D eigenvalue weighted by Crippen LogP contribution is 2.27. The predicted molar refractivity (Wildman–Crippen MR) is 92.1 cm³/mol. The van der Waals surface area contributed by atoms with Crippen LogP contribution in [0.25, 0.3) is 0 Å². The summed E-state index contributed by atoms with van der Waals surface area (Å²) in [5, 5.41) is 6.16. The number of aryl methyl sites for hydroxylation is 3. The number of carbonyl (C=O) groups excluding carboxylic acids is 1. The molecule has 0 saturated carbocycles. The topological polar surface area (TPSA) is 111 Å². The molecular weight excluding hydrogens is 346 g/mol. The maximum Gasteiger partial charge on any atom is 0.244 e. The minimum Gasteiger partial charge on any atom is -0.495 e. The average molecular weight is 367 g/mol. The molecule has 1 aromatic heterocycles. The molecule has 0 atom stereocenters. The fourth-order valence-electron chi connectivity index (χ4n) is 2.14. The van der Waals surface area contributed by atoms with Crippen molar-refractivity contribution >= 4 is 21.7 Å². The molecule has 1 amide bonds. The number of carbonyl (C=O) groups is 1. The van der Waals surface area contributed by atoms with Crippen molar-refractivity contribution in [3.63, 3.8) is 0 Å². The number of nitrogens with one attached hydrogen (secondary N) is 2. The Bertz CT molecular complexity index is 874. The summed E-state index contributed by atoms with van der Waals surface area (Å²) in [6.07, 6.45) is -0.0434. The third-order valence-electron chi connectivity index (χ3n) is 3.61. The summed E-state index contributed by atoms with van der Waals surface area (Å²) in [6.45, 7) is 5.34. The third-order valence-corrected chi connectivity index (χ3v) is 5.09. The molecular formula is C16H21N3O5S. The van der Waals surface area contributed by atoms with Gasteiger partial charge >= 0.3 is 0 Å². The zero-order valence-corrected chi connectivity index (χ0v) is 15.4. The van der Waals surface area contributed by atoms with Crippen LogP contribution in [0.2, 0.25) is 0 Å². The summed E-state index contributed by atoms with van der Waals surface area (Å²) >= 11 is 0. The second kappa shape index (κ2) is 7.66. The summed E-state index contributed by atoms with van der Waals surface area (Å²) in [4.78, 5) is 11.9. The largest absolute Gasteiger partial charge is 0.495 e. The van der Waals surface area contributed by atoms with Crippen LogP contribution < -0.4 is 14.8 Å². The van der Waals surface area contributed by atoms with Crippen molar-refractivity contribution in [2.75, 3.05) is 19.0 Å². The van der Waals surface area contributed by atoms with Crippen molar-refractivity contribution in [1.29, 1.82) is 0 Å². The van der Waals surface area contributed by atoms with Crippen molar-refractivity contribution in [2.24, 2.45) is 0 Å². The Balaban J connectivity index is 2.00. The van der Waals surface area contributed by atoms with E-state index in [9.17, 15) is 13.2 Å². The van der Waals surface area contributed by atoms with Crippen molar-refractivity contribution in [3.05, 3.63) is 35.1 Å². The molecule has 0 aliphatic carbocycles. The molecule has 0 aliphatic rings. The van der Waals surface area contributed by atoms with Crippen molar-refractivity contribution in [3.8, 4) is 5.75 Å². The zero-order valence-electron chi connectivity index (χ0n) is 14.5. The summed E-state index contributed by atoms with van der Waals surface area (Å²) in [7, 11) is -2.38. The molecule has 8 nitrogen and oxygen atoms in total. The number of rotatable bonds is 7. The van der Waals surface area contributed by atoms with E-state index in [2.05, 4.69) is 15.2 Å². The molecule has 2 N–H and O–H groups in total. The molecule has 0 aliphatic heterocycles. The number of methoxy groups -OCH3 is 1. The molecule has 0 bridgehead atoms. The maximum atomic E-state index is 12.5. The second-order valence-electron chi connectivity index (χ2n) is 5.61. The van der Waals surface area contributed by atoms with Gasteiger partial charge in [0.05, 0.1) is 7.11 Å². The van der Waals surface area contributed by atoms with Gasteiger partial charge in [0.25, 0.3) is 0 Å². The molecule has 0 fully saturated rings. The Morgan fingerprint density at radius 2 is 1.88 bits per heavy atom. The van der Waals surface area contributed by atoms with E-state index in [1.165, 1.54) is 7.11 Å². The summed E-state index contributed by atoms with van der Waals surface area (Å²) in [5.41, 5.74) is 1.76. The Labute approximate surface area is 146 Å². The first-order chi connectivity index (χ1) is 11.7. The van der Waals surface area contributed by atoms with Gasteiger partial charge in [0.15, 0.2) is 5.82 Å². The minimum absolute atomic E-state index is 0.0434. The van der Waals surface area contributed by atoms with Gasteiger partial charge in [-0.3, -0.25) is 4.79 Å². The Kier molecular flexibility index (Phi) is 5.81. The highest BCUT2D eigenvalue weighted by Gasteiger charge is 2.20. The number of ether oxygens (including phenoxy) is 1. The van der Waals surface area contributed by atoms with Gasteiger partial charge in [-0.25, -0.2) is 13.1 Å². The fraction of sp³-hybridized carbons (Fsp3) is 0.375. The number of benzene rings is 1. The number of sulfonamides is 1. The van der Waals surface area contributed by atoms with E-state index in [4.69, 9.17) is 9.26 Å². The zero-order chi connectivity index (χ0) is 18.6. The van der Waals surface area contributed by atoms with E-state index < -0.39 is 10.0 Å². The van der Waals surface area contributed by atoms with Crippen LogP contribution in [0.15, 0.2) is 27.6 Å². The Morgan fingerprint density at radius 1 is 1.20 bits per heavy atom. The Morgan fingerprint density at radius 3 is 2.48 bits per heavy atom. The lowest BCUT2D eigenvalue weighted by Crippen LogP contribution is -2.28. The van der Waals surface area contributed by atoms with Gasteiger partial charge < -0.3 is 14.6 Å². The van der Waals surface area contributed by atoms with Crippen LogP contribution >= 0.6 is 0 Å². The van der Waals surface area contributed by atoms with Gasteiger partial charge in [0, 0.05) is 19.0 Å². The first-order valence-electron chi connectivity index (χ1n) is 7.61. The number of aromatic nitrogens is 1. The number of amides is 1. The predicted octanol–water partition coefficient (Wildman–Crippen LogP) is 1.92. The fourth-order valence-corrected chi connectivity index (χ4v) is 3.41. The maximum absolute atomic E-state index is 12.5. The molecule has 0 saturated heterocycles. The van der Waals surface area contributed by atoms with E-state index in [0.29, 0.717) is 11.6 Å². The first-order valence-corrected chi connectivity index (χ1v) is 9.09. The molecule has 1 aromatic carbocycles. The van der Waals surface area contributed by atoms with Crippen LogP contribution in [-0.2, 0) is 14.8 Å². The van der Waals surface area contributed by atoms with Gasteiger partial charge in [-0.15, -0.1) is 0 Å². The van der Waals surface area contributed by atoms with Gasteiger partial charge in [-0.05, 0) is 44.0 Å². The monoisotopic (exact) mass is 367 g/mol. The van der Waals surface area contributed by atoms with E-state index in [-0.39, 0.29) is 29.5 Å². The second-order valence-corrected chi connectivity index (χ2v) is 7.34. The van der Waals surface area contributed by atoms with Crippen molar-refractivity contribution in [1.82, 2.24) is 9.88 Å². The normalized spacial score (nSPS) is 11.4. The lowest BCUT2D eigenvalue weighted by atomic mass is 10.1. The van der Waals surface area contributed by atoms with Crippen molar-refractivity contribution in [2.45, 2.75) is 32.1 Å². The van der Waals surface area contributed by atoms with Gasteiger partial charge in [-0.1, -0.05) is 5.16 Å². The molecule has 136 valence electrons. The highest BCUT2D eigenvalue weighted by molar-refractivity contribution is 7.89. The van der Waals surface area contributed by atoms with E-state index in [1.54, 1.807) is 25.1 Å². The highest BCUT2D eigenvalue weighted by atomic mass is 32.2. The SMILES string of the molecule is COc1cc(C)c(C)cc1S(=O)(=O)NCCC(=O)Nc1cc(C)on1. The lowest BCUT2D eigenvalue weighted by molar-refractivity contribution is -0.116. The van der Waals surface area contributed by atoms with Crippen LogP contribution in [0.3, 0.4) is 0 Å². The average Bonchev–Trinajstić information content (AvgIpc) is 2.94. The first kappa shape index (κ1) is 18.9. The summed E-state index contributed by atoms with van der Waals surface area (Å²) in [5.74, 6) is 0.750. The van der Waals surface area contributed by atoms with Crippen LogP contribution in [-0.4, -0.2) is 33.1 Å². The molecule has 0 unspecified atom stereocenters. The van der Waals surface area contributed by atoms with Crippen LogP contribution in [0.1, 0.15) is 23.3 Å². The molecule has 25 heavy (non-hydrogen) atoms. The molecule has 2 aromatic rings. The summed E-state index contributed by atoms with van der Waals surface area (Å²) < 4.78 is 37.3. The molecule has 2 rings (SSSR count). The van der Waals surface area contributed by atoms with Gasteiger partial charge in [0.2, 0.25) is 15.9 Å². The lowest BCUT2D eigenvalue weighted by Gasteiger charge is -2.13. The minimum atomic E-state index is -3.80. The van der Waals surface area contributed by atoms with Gasteiger partial charge in [-0.2, -0.15) is 0 Å². The van der Waals surface area contributed by atoms with Crippen LogP contribution in [0, 0.1) is 20.8 Å². The van der Waals surface area contributed by atoms with Crippen LogP contribution in [0.5, 0.6) is 5.75 Å². The number of anilines is 1. The molecule has 1 heterocycles. The van der Waals surface area contributed by atoms with Crippen molar-refractivity contribution < 1.29 is 22.5 Å². The third kappa shape index (κ3) is 4.80. The number of hydrogen-bond donors (Lipinski definition) is 2. The van der Waals surface area contributed by atoms with E-state index in [0.717, 1.165) is 11.1 Å². The Hall–Kier alpha value is -2.39. The summed E-state index contributed by atoms with van der Waals surface area (Å²) in [6, 6.07) is 4.79. The van der Waals surface area contributed by atoms with Gasteiger partial charge in [0.1, 0.15) is 16.4 Å². The standard InChI is InChI=1S/C16H21N3O5S/c1-10-7-13(23-4)14(8-11(10)2)25(21,22)17-6-5-16(20)18-15-9-12(3)24-19-15/h7-9,17H,5-6H2,1-4H3,(H,18,19,20). The molecule has 0 spiro atoms. The smallest absolute Gasteiger partial charge is 0.244 e. The van der Waals surface area contributed by atoms with E-state index >= 15 is 0 Å². The van der Waals surface area contributed by atoms with E-state index in [1.807, 2.05) is 13.8 Å². The molecule has 0 radical (unpaired) electrons. The molecule has 9 heteroatoms. The number of nitrogens with zero attached hydrogens (tertiary/aromatic N) is 1. The quantitative estimate of drug-likeness (QED) is 0.773.